The predicted molar refractivity (Wildman–Crippen MR) is 83.8 cm³/mol. The van der Waals surface area contributed by atoms with Gasteiger partial charge in [-0.25, -0.2) is 12.8 Å². The van der Waals surface area contributed by atoms with Crippen LogP contribution in [0.15, 0.2) is 27.6 Å². The molecule has 0 spiro atoms. The minimum Gasteiger partial charge on any atom is -0.330 e. The smallest absolute Gasteiger partial charge is 0.244 e. The van der Waals surface area contributed by atoms with Gasteiger partial charge in [0.25, 0.3) is 0 Å². The van der Waals surface area contributed by atoms with Crippen molar-refractivity contribution in [3.05, 3.63) is 28.5 Å². The zero-order valence-electron chi connectivity index (χ0n) is 11.9. The maximum absolute atomic E-state index is 13.2. The van der Waals surface area contributed by atoms with Gasteiger partial charge in [-0.1, -0.05) is 12.8 Å². The van der Waals surface area contributed by atoms with Crippen LogP contribution < -0.4 is 5.73 Å². The van der Waals surface area contributed by atoms with Crippen LogP contribution in [0, 0.1) is 11.7 Å². The zero-order chi connectivity index (χ0) is 15.6. The van der Waals surface area contributed by atoms with Gasteiger partial charge in [0.1, 0.15) is 5.82 Å². The Bertz CT molecular complexity index is 609. The highest BCUT2D eigenvalue weighted by Crippen LogP contribution is 2.32. The number of hydrogen-bond donors (Lipinski definition) is 1. The summed E-state index contributed by atoms with van der Waals surface area (Å²) < 4.78 is 40.3. The van der Waals surface area contributed by atoms with Crippen LogP contribution in [0.5, 0.6) is 0 Å². The Morgan fingerprint density at radius 3 is 2.67 bits per heavy atom. The first kappa shape index (κ1) is 16.9. The predicted octanol–water partition coefficient (Wildman–Crippen LogP) is 2.73. The fourth-order valence-electron chi connectivity index (χ4n) is 2.96. The number of nitrogens with zero attached hydrogens (tertiary/aromatic N) is 1. The standard InChI is InChI=1S/C14H20BrFN2O2S/c1-18(13-5-3-2-4-10(13)9-17)21(19,20)14-7-6-11(16)8-12(14)15/h6-8,10,13H,2-5,9,17H2,1H3. The number of halogens is 2. The lowest BCUT2D eigenvalue weighted by Gasteiger charge is -2.36. The Labute approximate surface area is 133 Å². The minimum atomic E-state index is -3.66. The van der Waals surface area contributed by atoms with Gasteiger partial charge in [0.15, 0.2) is 0 Å². The van der Waals surface area contributed by atoms with Crippen molar-refractivity contribution < 1.29 is 12.8 Å². The second-order valence-corrected chi connectivity index (χ2v) is 8.26. The van der Waals surface area contributed by atoms with Crippen molar-refractivity contribution in [1.29, 1.82) is 0 Å². The molecule has 7 heteroatoms. The average molecular weight is 379 g/mol. The molecule has 4 nitrogen and oxygen atoms in total. The molecule has 2 atom stereocenters. The number of hydrogen-bond acceptors (Lipinski definition) is 3. The van der Waals surface area contributed by atoms with Gasteiger partial charge in [-0.05, 0) is 59.4 Å². The van der Waals surface area contributed by atoms with Crippen LogP contribution >= 0.6 is 15.9 Å². The topological polar surface area (TPSA) is 63.4 Å². The van der Waals surface area contributed by atoms with E-state index in [1.807, 2.05) is 0 Å². The molecule has 118 valence electrons. The molecule has 0 bridgehead atoms. The third kappa shape index (κ3) is 3.47. The van der Waals surface area contributed by atoms with Crippen LogP contribution in [0.2, 0.25) is 0 Å². The molecule has 2 N–H and O–H groups in total. The first-order valence-electron chi connectivity index (χ1n) is 7.01. The molecule has 0 amide bonds. The maximum atomic E-state index is 13.2. The number of rotatable bonds is 4. The summed E-state index contributed by atoms with van der Waals surface area (Å²) in [5.74, 6) is -0.293. The lowest BCUT2D eigenvalue weighted by atomic mass is 9.85. The third-order valence-corrected chi connectivity index (χ3v) is 7.05. The van der Waals surface area contributed by atoms with Gasteiger partial charge in [-0.2, -0.15) is 4.31 Å². The third-order valence-electron chi connectivity index (χ3n) is 4.19. The molecule has 1 saturated carbocycles. The van der Waals surface area contributed by atoms with E-state index in [-0.39, 0.29) is 21.3 Å². The highest BCUT2D eigenvalue weighted by atomic mass is 79.9. The summed E-state index contributed by atoms with van der Waals surface area (Å²) in [7, 11) is -2.08. The van der Waals surface area contributed by atoms with Gasteiger partial charge >= 0.3 is 0 Å². The van der Waals surface area contributed by atoms with Crippen molar-refractivity contribution >= 4 is 26.0 Å². The van der Waals surface area contributed by atoms with Crippen molar-refractivity contribution in [2.24, 2.45) is 11.7 Å². The van der Waals surface area contributed by atoms with Crippen LogP contribution in [0.25, 0.3) is 0 Å². The summed E-state index contributed by atoms with van der Waals surface area (Å²) in [6.45, 7) is 0.481. The summed E-state index contributed by atoms with van der Waals surface area (Å²) in [6.07, 6.45) is 3.86. The van der Waals surface area contributed by atoms with Gasteiger partial charge < -0.3 is 5.73 Å². The summed E-state index contributed by atoms with van der Waals surface area (Å²) in [5.41, 5.74) is 5.78. The van der Waals surface area contributed by atoms with Gasteiger partial charge in [0.05, 0.1) is 4.90 Å². The van der Waals surface area contributed by atoms with Gasteiger partial charge in [0.2, 0.25) is 10.0 Å². The second kappa shape index (κ2) is 6.73. The van der Waals surface area contributed by atoms with Crippen molar-refractivity contribution in [2.45, 2.75) is 36.6 Å². The van der Waals surface area contributed by atoms with Crippen LogP contribution in [0.3, 0.4) is 0 Å². The SMILES string of the molecule is CN(C1CCCCC1CN)S(=O)(=O)c1ccc(F)cc1Br. The van der Waals surface area contributed by atoms with Crippen molar-refractivity contribution in [1.82, 2.24) is 4.31 Å². The van der Waals surface area contributed by atoms with Crippen LogP contribution in [0.4, 0.5) is 4.39 Å². The summed E-state index contributed by atoms with van der Waals surface area (Å²) in [4.78, 5) is 0.0905. The van der Waals surface area contributed by atoms with Crippen LogP contribution in [0.1, 0.15) is 25.7 Å². The molecule has 1 fully saturated rings. The van der Waals surface area contributed by atoms with E-state index in [0.717, 1.165) is 31.7 Å². The fraction of sp³-hybridized carbons (Fsp3) is 0.571. The first-order chi connectivity index (χ1) is 9.87. The van der Waals surface area contributed by atoms with Crippen LogP contribution in [-0.4, -0.2) is 32.4 Å². The molecule has 0 saturated heterocycles. The molecule has 1 aliphatic rings. The largest absolute Gasteiger partial charge is 0.330 e. The van der Waals surface area contributed by atoms with Crippen molar-refractivity contribution in [2.75, 3.05) is 13.6 Å². The molecule has 1 aromatic carbocycles. The molecule has 0 aromatic heterocycles. The average Bonchev–Trinajstić information content (AvgIpc) is 2.46. The van der Waals surface area contributed by atoms with E-state index < -0.39 is 15.8 Å². The number of nitrogens with two attached hydrogens (primary N) is 1. The molecule has 0 heterocycles. The number of sulfonamides is 1. The zero-order valence-corrected chi connectivity index (χ0v) is 14.3. The Hall–Kier alpha value is -0.500. The van der Waals surface area contributed by atoms with E-state index >= 15 is 0 Å². The van der Waals surface area contributed by atoms with E-state index in [2.05, 4.69) is 15.9 Å². The van der Waals surface area contributed by atoms with Gasteiger partial charge in [0, 0.05) is 17.6 Å². The summed E-state index contributed by atoms with van der Waals surface area (Å²) in [5, 5.41) is 0. The lowest BCUT2D eigenvalue weighted by molar-refractivity contribution is 0.204. The molecular formula is C14H20BrFN2O2S. The molecule has 2 unspecified atom stereocenters. The monoisotopic (exact) mass is 378 g/mol. The molecule has 21 heavy (non-hydrogen) atoms. The van der Waals surface area contributed by atoms with E-state index in [1.165, 1.54) is 16.4 Å². The maximum Gasteiger partial charge on any atom is 0.244 e. The Morgan fingerprint density at radius 2 is 2.05 bits per heavy atom. The van der Waals surface area contributed by atoms with E-state index in [4.69, 9.17) is 5.73 Å². The van der Waals surface area contributed by atoms with E-state index in [1.54, 1.807) is 7.05 Å². The van der Waals surface area contributed by atoms with Crippen LogP contribution in [-0.2, 0) is 10.0 Å². The Kier molecular flexibility index (Phi) is 5.40. The lowest BCUT2D eigenvalue weighted by Crippen LogP contribution is -2.45. The Balaban J connectivity index is 2.33. The van der Waals surface area contributed by atoms with Crippen molar-refractivity contribution in [3.8, 4) is 0 Å². The first-order valence-corrected chi connectivity index (χ1v) is 9.24. The molecule has 2 rings (SSSR count). The van der Waals surface area contributed by atoms with Gasteiger partial charge in [-0.15, -0.1) is 0 Å². The molecule has 1 aliphatic carbocycles. The highest BCUT2D eigenvalue weighted by Gasteiger charge is 2.35. The summed E-state index contributed by atoms with van der Waals surface area (Å²) >= 11 is 3.14. The number of benzene rings is 1. The van der Waals surface area contributed by atoms with Gasteiger partial charge in [-0.3, -0.25) is 0 Å². The second-order valence-electron chi connectivity index (χ2n) is 5.44. The highest BCUT2D eigenvalue weighted by molar-refractivity contribution is 9.10. The molecule has 0 aliphatic heterocycles. The molecular weight excluding hydrogens is 359 g/mol. The van der Waals surface area contributed by atoms with E-state index in [9.17, 15) is 12.8 Å². The van der Waals surface area contributed by atoms with Crippen molar-refractivity contribution in [3.63, 3.8) is 0 Å². The summed E-state index contributed by atoms with van der Waals surface area (Å²) in [6, 6.07) is 3.53. The minimum absolute atomic E-state index is 0.0905. The quantitative estimate of drug-likeness (QED) is 0.875. The molecule has 1 aromatic rings. The fourth-order valence-corrected chi connectivity index (χ4v) is 5.41. The van der Waals surface area contributed by atoms with E-state index in [0.29, 0.717) is 6.54 Å². The molecule has 0 radical (unpaired) electrons. The Morgan fingerprint density at radius 1 is 1.38 bits per heavy atom. The normalized spacial score (nSPS) is 23.5.